The molecule has 0 bridgehead atoms. The van der Waals surface area contributed by atoms with Gasteiger partial charge in [-0.05, 0) is 31.2 Å². The molecule has 0 aliphatic carbocycles. The van der Waals surface area contributed by atoms with Gasteiger partial charge < -0.3 is 19.5 Å². The minimum absolute atomic E-state index is 0.489. The maximum Gasteiger partial charge on any atom is 0.226 e. The molecule has 30 heavy (non-hydrogen) atoms. The maximum absolute atomic E-state index is 5.60. The van der Waals surface area contributed by atoms with Crippen LogP contribution in [0.3, 0.4) is 0 Å². The average Bonchev–Trinajstić information content (AvgIpc) is 3.45. The van der Waals surface area contributed by atoms with Crippen LogP contribution in [0.5, 0.6) is 0 Å². The Labute approximate surface area is 174 Å². The Bertz CT molecular complexity index is 1110. The van der Waals surface area contributed by atoms with Crippen LogP contribution in [0, 0.1) is 6.92 Å². The van der Waals surface area contributed by atoms with Gasteiger partial charge in [0.25, 0.3) is 0 Å². The first kappa shape index (κ1) is 19.4. The van der Waals surface area contributed by atoms with Crippen molar-refractivity contribution in [1.82, 2.24) is 20.6 Å². The quantitative estimate of drug-likeness (QED) is 0.372. The zero-order chi connectivity index (χ0) is 20.8. The molecule has 152 valence electrons. The number of nitrogens with zero attached hydrogens (tertiary/aromatic N) is 3. The minimum Gasteiger partial charge on any atom is -0.444 e. The number of rotatable bonds is 6. The number of guanidine groups is 1. The molecule has 0 aliphatic rings. The Kier molecular flexibility index (Phi) is 5.89. The van der Waals surface area contributed by atoms with E-state index in [0.717, 1.165) is 22.5 Å². The molecule has 0 fully saturated rings. The fraction of sp³-hybridized carbons (Fsp3) is 0.174. The monoisotopic (exact) mass is 401 g/mol. The molecule has 2 heterocycles. The van der Waals surface area contributed by atoms with Crippen molar-refractivity contribution in [3.63, 3.8) is 0 Å². The molecule has 0 atom stereocenters. The minimum atomic E-state index is 0.489. The lowest BCUT2D eigenvalue weighted by Gasteiger charge is -2.09. The summed E-state index contributed by atoms with van der Waals surface area (Å²) < 4.78 is 11.2. The van der Waals surface area contributed by atoms with Crippen molar-refractivity contribution in [3.05, 3.63) is 84.1 Å². The number of nitrogens with one attached hydrogen (secondary N) is 2. The van der Waals surface area contributed by atoms with Crippen molar-refractivity contribution in [1.29, 1.82) is 0 Å². The molecular weight excluding hydrogens is 378 g/mol. The predicted octanol–water partition coefficient (Wildman–Crippen LogP) is 4.17. The van der Waals surface area contributed by atoms with E-state index in [9.17, 15) is 0 Å². The lowest BCUT2D eigenvalue weighted by atomic mass is 10.1. The van der Waals surface area contributed by atoms with Crippen molar-refractivity contribution < 1.29 is 8.83 Å². The van der Waals surface area contributed by atoms with Crippen molar-refractivity contribution in [2.24, 2.45) is 4.99 Å². The molecule has 0 spiro atoms. The SMILES string of the molecule is CN=C(NCc1coc(-c2ccccc2)n1)NCc1coc(-c2ccc(C)cc2)n1. The highest BCUT2D eigenvalue weighted by molar-refractivity contribution is 5.79. The molecule has 0 unspecified atom stereocenters. The van der Waals surface area contributed by atoms with Crippen LogP contribution in [0.1, 0.15) is 17.0 Å². The van der Waals surface area contributed by atoms with Crippen LogP contribution >= 0.6 is 0 Å². The normalized spacial score (nSPS) is 11.5. The van der Waals surface area contributed by atoms with Gasteiger partial charge in [-0.25, -0.2) is 9.97 Å². The Morgan fingerprint density at radius 3 is 1.87 bits per heavy atom. The van der Waals surface area contributed by atoms with Gasteiger partial charge in [0.15, 0.2) is 5.96 Å². The van der Waals surface area contributed by atoms with Crippen molar-refractivity contribution in [3.8, 4) is 22.9 Å². The van der Waals surface area contributed by atoms with Gasteiger partial charge >= 0.3 is 0 Å². The van der Waals surface area contributed by atoms with E-state index in [1.807, 2.05) is 54.6 Å². The molecule has 2 aromatic carbocycles. The average molecular weight is 401 g/mol. The fourth-order valence-electron chi connectivity index (χ4n) is 2.89. The number of aliphatic imine (C=N–C) groups is 1. The van der Waals surface area contributed by atoms with E-state index in [0.29, 0.717) is 30.8 Å². The summed E-state index contributed by atoms with van der Waals surface area (Å²) >= 11 is 0. The first-order chi connectivity index (χ1) is 14.7. The van der Waals surface area contributed by atoms with Crippen molar-refractivity contribution >= 4 is 5.96 Å². The van der Waals surface area contributed by atoms with Crippen LogP contribution < -0.4 is 10.6 Å². The van der Waals surface area contributed by atoms with Gasteiger partial charge in [0, 0.05) is 18.2 Å². The third-order valence-corrected chi connectivity index (χ3v) is 4.52. The van der Waals surface area contributed by atoms with Crippen LogP contribution in [0.15, 0.2) is 81.0 Å². The van der Waals surface area contributed by atoms with Crippen LogP contribution in [-0.4, -0.2) is 23.0 Å². The lowest BCUT2D eigenvalue weighted by molar-refractivity contribution is 0.571. The summed E-state index contributed by atoms with van der Waals surface area (Å²) in [6.45, 7) is 3.03. The first-order valence-corrected chi connectivity index (χ1v) is 9.67. The summed E-state index contributed by atoms with van der Waals surface area (Å²) in [7, 11) is 1.72. The molecule has 0 saturated carbocycles. The summed E-state index contributed by atoms with van der Waals surface area (Å²) in [4.78, 5) is 13.3. The van der Waals surface area contributed by atoms with E-state index in [1.165, 1.54) is 5.56 Å². The van der Waals surface area contributed by atoms with Crippen LogP contribution in [-0.2, 0) is 13.1 Å². The summed E-state index contributed by atoms with van der Waals surface area (Å²) in [5.41, 5.74) is 4.68. The molecule has 2 aromatic heterocycles. The van der Waals surface area contributed by atoms with E-state index in [-0.39, 0.29) is 0 Å². The lowest BCUT2D eigenvalue weighted by Crippen LogP contribution is -2.36. The van der Waals surface area contributed by atoms with Crippen LogP contribution in [0.2, 0.25) is 0 Å². The highest BCUT2D eigenvalue weighted by Gasteiger charge is 2.09. The molecule has 0 saturated heterocycles. The van der Waals surface area contributed by atoms with Crippen LogP contribution in [0.25, 0.3) is 22.9 Å². The van der Waals surface area contributed by atoms with Gasteiger partial charge in [-0.3, -0.25) is 4.99 Å². The fourth-order valence-corrected chi connectivity index (χ4v) is 2.89. The zero-order valence-corrected chi connectivity index (χ0v) is 16.9. The van der Waals surface area contributed by atoms with Gasteiger partial charge in [0.1, 0.15) is 12.5 Å². The highest BCUT2D eigenvalue weighted by Crippen LogP contribution is 2.19. The molecular formula is C23H23N5O2. The van der Waals surface area contributed by atoms with E-state index in [4.69, 9.17) is 8.83 Å². The number of aryl methyl sites for hydroxylation is 1. The number of oxazole rings is 2. The highest BCUT2D eigenvalue weighted by atomic mass is 16.3. The van der Waals surface area contributed by atoms with Crippen molar-refractivity contribution in [2.45, 2.75) is 20.0 Å². The smallest absolute Gasteiger partial charge is 0.226 e. The second-order valence-electron chi connectivity index (χ2n) is 6.80. The van der Waals surface area contributed by atoms with Crippen molar-refractivity contribution in [2.75, 3.05) is 7.05 Å². The molecule has 2 N–H and O–H groups in total. The third kappa shape index (κ3) is 4.75. The predicted molar refractivity (Wildman–Crippen MR) is 116 cm³/mol. The molecule has 0 radical (unpaired) electrons. The van der Waals surface area contributed by atoms with E-state index in [2.05, 4.69) is 32.5 Å². The summed E-state index contributed by atoms with van der Waals surface area (Å²) in [5.74, 6) is 1.84. The summed E-state index contributed by atoms with van der Waals surface area (Å²) in [6.07, 6.45) is 3.30. The standard InChI is InChI=1S/C23H23N5O2/c1-16-8-10-18(11-9-16)22-28-20(15-30-22)13-26-23(24-2)25-12-19-14-29-21(27-19)17-6-4-3-5-7-17/h3-11,14-15H,12-13H2,1-2H3,(H2,24,25,26). The third-order valence-electron chi connectivity index (χ3n) is 4.52. The summed E-state index contributed by atoms with van der Waals surface area (Å²) in [5, 5.41) is 6.45. The Balaban J connectivity index is 1.31. The number of hydrogen-bond acceptors (Lipinski definition) is 5. The zero-order valence-electron chi connectivity index (χ0n) is 16.9. The van der Waals surface area contributed by atoms with Gasteiger partial charge in [0.05, 0.1) is 24.5 Å². The van der Waals surface area contributed by atoms with E-state index in [1.54, 1.807) is 19.6 Å². The second-order valence-corrected chi connectivity index (χ2v) is 6.80. The largest absolute Gasteiger partial charge is 0.444 e. The number of benzene rings is 2. The molecule has 4 aromatic rings. The van der Waals surface area contributed by atoms with Gasteiger partial charge in [-0.1, -0.05) is 35.9 Å². The Hall–Kier alpha value is -3.87. The topological polar surface area (TPSA) is 88.5 Å². The molecule has 4 rings (SSSR count). The molecule has 7 nitrogen and oxygen atoms in total. The second kappa shape index (κ2) is 9.09. The maximum atomic E-state index is 5.60. The first-order valence-electron chi connectivity index (χ1n) is 9.67. The van der Waals surface area contributed by atoms with Gasteiger partial charge in [0.2, 0.25) is 11.8 Å². The van der Waals surface area contributed by atoms with Gasteiger partial charge in [-0.2, -0.15) is 0 Å². The Morgan fingerprint density at radius 2 is 1.33 bits per heavy atom. The molecule has 7 heteroatoms. The van der Waals surface area contributed by atoms with Gasteiger partial charge in [-0.15, -0.1) is 0 Å². The number of aromatic nitrogens is 2. The van der Waals surface area contributed by atoms with Crippen LogP contribution in [0.4, 0.5) is 0 Å². The molecule has 0 amide bonds. The Morgan fingerprint density at radius 1 is 0.800 bits per heavy atom. The summed E-state index contributed by atoms with van der Waals surface area (Å²) in [6, 6.07) is 17.9. The van der Waals surface area contributed by atoms with E-state index < -0.39 is 0 Å². The van der Waals surface area contributed by atoms with E-state index >= 15 is 0 Å². The number of hydrogen-bond donors (Lipinski definition) is 2. The molecule has 0 aliphatic heterocycles.